The second-order valence-corrected chi connectivity index (χ2v) is 7.20. The lowest BCUT2D eigenvalue weighted by molar-refractivity contribution is -0.116. The Morgan fingerprint density at radius 2 is 2.23 bits per heavy atom. The van der Waals surface area contributed by atoms with Crippen molar-refractivity contribution >= 4 is 15.9 Å². The van der Waals surface area contributed by atoms with Gasteiger partial charge in [0, 0.05) is 19.1 Å². The number of aromatic nitrogens is 1. The molecule has 1 fully saturated rings. The van der Waals surface area contributed by atoms with Crippen LogP contribution in [-0.2, 0) is 14.8 Å². The van der Waals surface area contributed by atoms with Crippen molar-refractivity contribution in [3.63, 3.8) is 0 Å². The Morgan fingerprint density at radius 3 is 2.82 bits per heavy atom. The van der Waals surface area contributed by atoms with Gasteiger partial charge in [0.15, 0.2) is 5.76 Å². The number of carbonyl (C=O) groups excluding carboxylic acids is 1. The molecule has 1 aliphatic heterocycles. The Hall–Kier alpha value is -1.67. The lowest BCUT2D eigenvalue weighted by atomic mass is 10.1. The summed E-state index contributed by atoms with van der Waals surface area (Å²) in [6.45, 7) is 7.30. The minimum Gasteiger partial charge on any atom is -0.360 e. The van der Waals surface area contributed by atoms with Gasteiger partial charge in [-0.2, -0.15) is 4.31 Å². The number of hydrogen-bond donors (Lipinski definition) is 1. The molecular formula is C14H21N3O4S. The van der Waals surface area contributed by atoms with Crippen molar-refractivity contribution in [2.24, 2.45) is 0 Å². The molecule has 0 aromatic carbocycles. The van der Waals surface area contributed by atoms with Crippen LogP contribution in [0.4, 0.5) is 0 Å². The number of aryl methyl sites for hydroxylation is 2. The maximum Gasteiger partial charge on any atom is 0.248 e. The van der Waals surface area contributed by atoms with Gasteiger partial charge in [0.2, 0.25) is 15.9 Å². The summed E-state index contributed by atoms with van der Waals surface area (Å²) in [6.07, 6.45) is 3.62. The van der Waals surface area contributed by atoms with Crippen molar-refractivity contribution < 1.29 is 17.7 Å². The van der Waals surface area contributed by atoms with Crippen molar-refractivity contribution in [3.05, 3.63) is 24.1 Å². The van der Waals surface area contributed by atoms with Gasteiger partial charge < -0.3 is 9.84 Å². The molecule has 1 unspecified atom stereocenters. The fourth-order valence-corrected chi connectivity index (χ4v) is 4.73. The van der Waals surface area contributed by atoms with E-state index >= 15 is 0 Å². The summed E-state index contributed by atoms with van der Waals surface area (Å²) in [6, 6.07) is -0.267. The highest BCUT2D eigenvalue weighted by molar-refractivity contribution is 7.89. The van der Waals surface area contributed by atoms with Crippen molar-refractivity contribution in [1.29, 1.82) is 0 Å². The summed E-state index contributed by atoms with van der Waals surface area (Å²) >= 11 is 0. The maximum atomic E-state index is 12.9. The number of nitrogens with zero attached hydrogens (tertiary/aromatic N) is 2. The second-order valence-electron chi connectivity index (χ2n) is 5.37. The highest BCUT2D eigenvalue weighted by atomic mass is 32.2. The molecule has 122 valence electrons. The van der Waals surface area contributed by atoms with E-state index in [1.165, 1.54) is 10.4 Å². The monoisotopic (exact) mass is 327 g/mol. The molecule has 2 heterocycles. The third kappa shape index (κ3) is 3.22. The molecule has 22 heavy (non-hydrogen) atoms. The van der Waals surface area contributed by atoms with E-state index < -0.39 is 10.0 Å². The van der Waals surface area contributed by atoms with E-state index in [2.05, 4.69) is 17.1 Å². The Kier molecular flexibility index (Phi) is 5.02. The summed E-state index contributed by atoms with van der Waals surface area (Å²) in [7, 11) is -3.68. The largest absolute Gasteiger partial charge is 0.360 e. The molecule has 1 saturated heterocycles. The van der Waals surface area contributed by atoms with E-state index in [0.29, 0.717) is 18.7 Å². The first-order chi connectivity index (χ1) is 10.4. The number of piperidine rings is 1. The van der Waals surface area contributed by atoms with Gasteiger partial charge in [-0.3, -0.25) is 4.79 Å². The van der Waals surface area contributed by atoms with Gasteiger partial charge in [-0.25, -0.2) is 8.42 Å². The van der Waals surface area contributed by atoms with Gasteiger partial charge >= 0.3 is 0 Å². The number of carbonyl (C=O) groups is 1. The summed E-state index contributed by atoms with van der Waals surface area (Å²) in [5.74, 6) is -0.0165. The summed E-state index contributed by atoms with van der Waals surface area (Å²) < 4.78 is 32.3. The van der Waals surface area contributed by atoms with E-state index in [0.717, 1.165) is 12.8 Å². The molecule has 7 nitrogen and oxygen atoms in total. The van der Waals surface area contributed by atoms with Crippen molar-refractivity contribution in [1.82, 2.24) is 14.8 Å². The van der Waals surface area contributed by atoms with Gasteiger partial charge in [0.25, 0.3) is 0 Å². The van der Waals surface area contributed by atoms with E-state index in [1.54, 1.807) is 13.8 Å². The lowest BCUT2D eigenvalue weighted by Crippen LogP contribution is -2.49. The van der Waals surface area contributed by atoms with Crippen LogP contribution in [0.2, 0.25) is 0 Å². The second kappa shape index (κ2) is 6.62. The SMILES string of the molecule is C=CC(=O)NCC1CCCCN1S(=O)(=O)c1c(C)noc1C. The molecule has 0 saturated carbocycles. The minimum atomic E-state index is -3.68. The fraction of sp³-hybridized carbons (Fsp3) is 0.571. The van der Waals surface area contributed by atoms with Gasteiger partial charge in [0.1, 0.15) is 10.6 Å². The molecule has 1 amide bonds. The van der Waals surface area contributed by atoms with E-state index in [4.69, 9.17) is 4.52 Å². The Balaban J connectivity index is 2.26. The first-order valence-corrected chi connectivity index (χ1v) is 8.67. The van der Waals surface area contributed by atoms with Crippen LogP contribution in [0, 0.1) is 13.8 Å². The molecule has 2 rings (SSSR count). The first kappa shape index (κ1) is 16.7. The zero-order chi connectivity index (χ0) is 16.3. The Morgan fingerprint density at radius 1 is 1.50 bits per heavy atom. The highest BCUT2D eigenvalue weighted by Gasteiger charge is 2.37. The van der Waals surface area contributed by atoms with Crippen LogP contribution in [0.25, 0.3) is 0 Å². The van der Waals surface area contributed by atoms with Crippen LogP contribution in [0.1, 0.15) is 30.7 Å². The van der Waals surface area contributed by atoms with Crippen LogP contribution >= 0.6 is 0 Å². The molecule has 0 bridgehead atoms. The standard InChI is InChI=1S/C14H21N3O4S/c1-4-13(18)15-9-12-7-5-6-8-17(12)22(19,20)14-10(2)16-21-11(14)3/h4,12H,1,5-9H2,2-3H3,(H,15,18). The normalized spacial score (nSPS) is 19.8. The molecule has 0 spiro atoms. The van der Waals surface area contributed by atoms with Crippen LogP contribution in [0.15, 0.2) is 22.1 Å². The van der Waals surface area contributed by atoms with Gasteiger partial charge in [-0.15, -0.1) is 0 Å². The number of nitrogens with one attached hydrogen (secondary N) is 1. The number of hydrogen-bond acceptors (Lipinski definition) is 5. The molecular weight excluding hydrogens is 306 g/mol. The molecule has 1 atom stereocenters. The number of sulfonamides is 1. The minimum absolute atomic E-state index is 0.134. The molecule has 1 aliphatic rings. The van der Waals surface area contributed by atoms with Crippen LogP contribution in [-0.4, -0.2) is 42.9 Å². The lowest BCUT2D eigenvalue weighted by Gasteiger charge is -2.34. The zero-order valence-corrected chi connectivity index (χ0v) is 13.6. The van der Waals surface area contributed by atoms with Gasteiger partial charge in [-0.1, -0.05) is 18.2 Å². The van der Waals surface area contributed by atoms with Gasteiger partial charge in [-0.05, 0) is 32.8 Å². The Labute approximate surface area is 130 Å². The zero-order valence-electron chi connectivity index (χ0n) is 12.8. The van der Waals surface area contributed by atoms with E-state index in [9.17, 15) is 13.2 Å². The maximum absolute atomic E-state index is 12.9. The topological polar surface area (TPSA) is 92.5 Å². The van der Waals surface area contributed by atoms with Crippen LogP contribution in [0.5, 0.6) is 0 Å². The van der Waals surface area contributed by atoms with Crippen LogP contribution < -0.4 is 5.32 Å². The number of amides is 1. The highest BCUT2D eigenvalue weighted by Crippen LogP contribution is 2.28. The molecule has 1 N–H and O–H groups in total. The average molecular weight is 327 g/mol. The van der Waals surface area contributed by atoms with Crippen molar-refractivity contribution in [2.75, 3.05) is 13.1 Å². The molecule has 1 aromatic heterocycles. The molecule has 0 aliphatic carbocycles. The third-order valence-electron chi connectivity index (χ3n) is 3.80. The summed E-state index contributed by atoms with van der Waals surface area (Å²) in [4.78, 5) is 11.5. The summed E-state index contributed by atoms with van der Waals surface area (Å²) in [5.41, 5.74) is 0.358. The summed E-state index contributed by atoms with van der Waals surface area (Å²) in [5, 5.41) is 6.40. The van der Waals surface area contributed by atoms with Crippen LogP contribution in [0.3, 0.4) is 0 Å². The molecule has 8 heteroatoms. The van der Waals surface area contributed by atoms with Crippen molar-refractivity contribution in [2.45, 2.75) is 44.0 Å². The van der Waals surface area contributed by atoms with Gasteiger partial charge in [0.05, 0.1) is 0 Å². The predicted octanol–water partition coefficient (Wildman–Crippen LogP) is 1.14. The number of rotatable bonds is 5. The Bertz CT molecular complexity index is 646. The van der Waals surface area contributed by atoms with E-state index in [1.807, 2.05) is 0 Å². The predicted molar refractivity (Wildman–Crippen MR) is 80.7 cm³/mol. The van der Waals surface area contributed by atoms with E-state index in [-0.39, 0.29) is 29.1 Å². The fourth-order valence-electron chi connectivity index (χ4n) is 2.75. The van der Waals surface area contributed by atoms with Crippen molar-refractivity contribution in [3.8, 4) is 0 Å². The molecule has 0 radical (unpaired) electrons. The average Bonchev–Trinajstić information content (AvgIpc) is 2.84. The first-order valence-electron chi connectivity index (χ1n) is 7.23. The quantitative estimate of drug-likeness (QED) is 0.819. The third-order valence-corrected chi connectivity index (χ3v) is 6.00. The smallest absolute Gasteiger partial charge is 0.248 e. The molecule has 1 aromatic rings.